The molecule has 0 aliphatic carbocycles. The van der Waals surface area contributed by atoms with Gasteiger partial charge in [0, 0.05) is 26.7 Å². The van der Waals surface area contributed by atoms with Gasteiger partial charge < -0.3 is 25.0 Å². The molecular formula is C20H32FIN4O3. The standard InChI is InChI=1S/C20H31FN4O3.HI/c1-6-27-17-8-7-14(11-16(17)21)12-23-18(22-5)25-10-9-15(13-25)24-19(26)28-20(2,3)4;/h7-8,11,15H,6,9-10,12-13H2,1-5H3,(H,22,23)(H,24,26);1H. The van der Waals surface area contributed by atoms with Crippen molar-refractivity contribution in [3.63, 3.8) is 0 Å². The van der Waals surface area contributed by atoms with Crippen LogP contribution in [0, 0.1) is 5.82 Å². The van der Waals surface area contributed by atoms with Gasteiger partial charge in [0.2, 0.25) is 0 Å². The Hall–Kier alpha value is -1.78. The van der Waals surface area contributed by atoms with E-state index in [-0.39, 0.29) is 41.6 Å². The van der Waals surface area contributed by atoms with Crippen LogP contribution in [0.5, 0.6) is 5.75 Å². The maximum atomic E-state index is 14.0. The van der Waals surface area contributed by atoms with Crippen LogP contribution in [0.2, 0.25) is 0 Å². The fourth-order valence-electron chi connectivity index (χ4n) is 2.98. The first-order valence-electron chi connectivity index (χ1n) is 9.58. The van der Waals surface area contributed by atoms with Crippen LogP contribution in [0.1, 0.15) is 39.7 Å². The van der Waals surface area contributed by atoms with E-state index in [9.17, 15) is 9.18 Å². The van der Waals surface area contributed by atoms with Crippen molar-refractivity contribution in [2.24, 2.45) is 4.99 Å². The highest BCUT2D eigenvalue weighted by Crippen LogP contribution is 2.18. The molecule has 164 valence electrons. The molecule has 1 atom stereocenters. The van der Waals surface area contributed by atoms with Gasteiger partial charge in [0.15, 0.2) is 17.5 Å². The topological polar surface area (TPSA) is 75.2 Å². The third-order valence-corrected chi connectivity index (χ3v) is 4.17. The summed E-state index contributed by atoms with van der Waals surface area (Å²) in [5.74, 6) is 0.591. The number of likely N-dealkylation sites (tertiary alicyclic amines) is 1. The molecule has 0 spiro atoms. The van der Waals surface area contributed by atoms with E-state index in [0.29, 0.717) is 25.7 Å². The average Bonchev–Trinajstić information content (AvgIpc) is 3.04. The number of nitrogens with one attached hydrogen (secondary N) is 2. The predicted octanol–water partition coefficient (Wildman–Crippen LogP) is 3.52. The highest BCUT2D eigenvalue weighted by atomic mass is 127. The predicted molar refractivity (Wildman–Crippen MR) is 123 cm³/mol. The molecule has 29 heavy (non-hydrogen) atoms. The lowest BCUT2D eigenvalue weighted by atomic mass is 10.2. The van der Waals surface area contributed by atoms with Crippen molar-refractivity contribution < 1.29 is 18.7 Å². The Balaban J connectivity index is 0.00000420. The molecule has 0 aromatic heterocycles. The molecule has 0 radical (unpaired) electrons. The monoisotopic (exact) mass is 522 g/mol. The number of carbonyl (C=O) groups is 1. The second-order valence-corrected chi connectivity index (χ2v) is 7.68. The summed E-state index contributed by atoms with van der Waals surface area (Å²) >= 11 is 0. The SMILES string of the molecule is CCOc1ccc(CNC(=NC)N2CCC(NC(=O)OC(C)(C)C)C2)cc1F.I. The summed E-state index contributed by atoms with van der Waals surface area (Å²) in [7, 11) is 1.70. The number of hydrogen-bond donors (Lipinski definition) is 2. The molecule has 1 saturated heterocycles. The molecule has 1 aliphatic rings. The minimum atomic E-state index is -0.521. The molecule has 1 amide bonds. The first-order chi connectivity index (χ1) is 13.2. The van der Waals surface area contributed by atoms with Crippen molar-refractivity contribution in [1.82, 2.24) is 15.5 Å². The number of ether oxygens (including phenoxy) is 2. The van der Waals surface area contributed by atoms with Crippen molar-refractivity contribution in [3.8, 4) is 5.75 Å². The summed E-state index contributed by atoms with van der Waals surface area (Å²) in [5.41, 5.74) is 0.275. The lowest BCUT2D eigenvalue weighted by molar-refractivity contribution is 0.0507. The second-order valence-electron chi connectivity index (χ2n) is 7.68. The van der Waals surface area contributed by atoms with E-state index in [4.69, 9.17) is 9.47 Å². The van der Waals surface area contributed by atoms with Gasteiger partial charge in [0.05, 0.1) is 12.6 Å². The third kappa shape index (κ3) is 8.23. The Bertz CT molecular complexity index is 709. The number of benzene rings is 1. The molecule has 1 fully saturated rings. The van der Waals surface area contributed by atoms with E-state index in [0.717, 1.165) is 18.5 Å². The Labute approximate surface area is 189 Å². The molecule has 9 heteroatoms. The minimum absolute atomic E-state index is 0. The number of alkyl carbamates (subject to hydrolysis) is 1. The summed E-state index contributed by atoms with van der Waals surface area (Å²) in [6, 6.07) is 4.92. The van der Waals surface area contributed by atoms with E-state index in [1.807, 2.05) is 33.8 Å². The van der Waals surface area contributed by atoms with Crippen LogP contribution in [0.3, 0.4) is 0 Å². The summed E-state index contributed by atoms with van der Waals surface area (Å²) in [4.78, 5) is 18.3. The average molecular weight is 522 g/mol. The van der Waals surface area contributed by atoms with Crippen LogP contribution in [0.25, 0.3) is 0 Å². The zero-order valence-electron chi connectivity index (χ0n) is 17.8. The van der Waals surface area contributed by atoms with E-state index in [1.54, 1.807) is 13.1 Å². The molecule has 1 aromatic rings. The molecule has 1 unspecified atom stereocenters. The summed E-state index contributed by atoms with van der Waals surface area (Å²) in [5, 5.41) is 6.14. The quantitative estimate of drug-likeness (QED) is 0.352. The zero-order valence-corrected chi connectivity index (χ0v) is 20.1. The molecule has 0 saturated carbocycles. The normalized spacial score (nSPS) is 16.8. The van der Waals surface area contributed by atoms with Gasteiger partial charge >= 0.3 is 6.09 Å². The van der Waals surface area contributed by atoms with Crippen LogP contribution >= 0.6 is 24.0 Å². The van der Waals surface area contributed by atoms with Crippen LogP contribution in [-0.4, -0.2) is 55.3 Å². The third-order valence-electron chi connectivity index (χ3n) is 4.17. The first-order valence-corrected chi connectivity index (χ1v) is 9.58. The highest BCUT2D eigenvalue weighted by Gasteiger charge is 2.27. The maximum Gasteiger partial charge on any atom is 0.407 e. The Morgan fingerprint density at radius 1 is 1.38 bits per heavy atom. The van der Waals surface area contributed by atoms with E-state index in [1.165, 1.54) is 6.07 Å². The van der Waals surface area contributed by atoms with Crippen molar-refractivity contribution >= 4 is 36.0 Å². The Kier molecular flexibility index (Phi) is 9.94. The van der Waals surface area contributed by atoms with Crippen molar-refractivity contribution in [3.05, 3.63) is 29.6 Å². The Morgan fingerprint density at radius 3 is 2.69 bits per heavy atom. The molecule has 1 heterocycles. The molecule has 7 nitrogen and oxygen atoms in total. The number of amides is 1. The van der Waals surface area contributed by atoms with Gasteiger partial charge in [-0.05, 0) is 51.8 Å². The number of nitrogens with zero attached hydrogens (tertiary/aromatic N) is 2. The van der Waals surface area contributed by atoms with Gasteiger partial charge in [-0.25, -0.2) is 9.18 Å². The van der Waals surface area contributed by atoms with Crippen LogP contribution in [0.15, 0.2) is 23.2 Å². The molecular weight excluding hydrogens is 490 g/mol. The van der Waals surface area contributed by atoms with Gasteiger partial charge in [0.25, 0.3) is 0 Å². The number of halogens is 2. The van der Waals surface area contributed by atoms with Crippen LogP contribution < -0.4 is 15.4 Å². The number of guanidine groups is 1. The van der Waals surface area contributed by atoms with E-state index < -0.39 is 11.7 Å². The van der Waals surface area contributed by atoms with E-state index in [2.05, 4.69) is 20.5 Å². The molecule has 0 bridgehead atoms. The first kappa shape index (κ1) is 25.3. The van der Waals surface area contributed by atoms with Gasteiger partial charge in [-0.3, -0.25) is 4.99 Å². The van der Waals surface area contributed by atoms with E-state index >= 15 is 0 Å². The lowest BCUT2D eigenvalue weighted by Crippen LogP contribution is -2.44. The number of hydrogen-bond acceptors (Lipinski definition) is 4. The fraction of sp³-hybridized carbons (Fsp3) is 0.600. The molecule has 1 aliphatic heterocycles. The maximum absolute atomic E-state index is 14.0. The van der Waals surface area contributed by atoms with Crippen LogP contribution in [-0.2, 0) is 11.3 Å². The smallest absolute Gasteiger partial charge is 0.407 e. The summed E-state index contributed by atoms with van der Waals surface area (Å²) in [6.45, 7) is 9.59. The molecule has 2 N–H and O–H groups in total. The summed E-state index contributed by atoms with van der Waals surface area (Å²) in [6.07, 6.45) is 0.393. The fourth-order valence-corrected chi connectivity index (χ4v) is 2.98. The van der Waals surface area contributed by atoms with Crippen LogP contribution in [0.4, 0.5) is 9.18 Å². The van der Waals surface area contributed by atoms with Crippen molar-refractivity contribution in [1.29, 1.82) is 0 Å². The van der Waals surface area contributed by atoms with Crippen molar-refractivity contribution in [2.75, 3.05) is 26.7 Å². The minimum Gasteiger partial charge on any atom is -0.491 e. The van der Waals surface area contributed by atoms with Gasteiger partial charge in [-0.1, -0.05) is 6.07 Å². The summed E-state index contributed by atoms with van der Waals surface area (Å²) < 4.78 is 24.5. The molecule has 1 aromatic carbocycles. The number of aliphatic imine (C=N–C) groups is 1. The Morgan fingerprint density at radius 2 is 2.10 bits per heavy atom. The van der Waals surface area contributed by atoms with Gasteiger partial charge in [-0.15, -0.1) is 24.0 Å². The van der Waals surface area contributed by atoms with Gasteiger partial charge in [0.1, 0.15) is 5.60 Å². The lowest BCUT2D eigenvalue weighted by Gasteiger charge is -2.23. The highest BCUT2D eigenvalue weighted by molar-refractivity contribution is 14.0. The second kappa shape index (κ2) is 11.4. The number of rotatable bonds is 5. The zero-order chi connectivity index (χ0) is 20.7. The van der Waals surface area contributed by atoms with Gasteiger partial charge in [-0.2, -0.15) is 0 Å². The van der Waals surface area contributed by atoms with Crippen molar-refractivity contribution in [2.45, 2.75) is 52.3 Å². The largest absolute Gasteiger partial charge is 0.491 e. The molecule has 2 rings (SSSR count). The number of carbonyl (C=O) groups excluding carboxylic acids is 1.